The largest absolute Gasteiger partial charge is 0.419 e. The number of anilines is 1. The summed E-state index contributed by atoms with van der Waals surface area (Å²) in [4.78, 5) is 4.39. The van der Waals surface area contributed by atoms with Crippen LogP contribution in [0.3, 0.4) is 0 Å². The second kappa shape index (κ2) is 6.41. The minimum atomic E-state index is -3.78. The van der Waals surface area contributed by atoms with Gasteiger partial charge in [-0.15, -0.1) is 0 Å². The summed E-state index contributed by atoms with van der Waals surface area (Å²) in [5.74, 6) is 0.383. The Morgan fingerprint density at radius 3 is 2.46 bits per heavy atom. The Bertz CT molecular complexity index is 979. The van der Waals surface area contributed by atoms with Gasteiger partial charge in [0.25, 0.3) is 0 Å². The van der Waals surface area contributed by atoms with E-state index in [2.05, 4.69) is 26.2 Å². The van der Waals surface area contributed by atoms with Crippen molar-refractivity contribution in [3.05, 3.63) is 58.6 Å². The van der Waals surface area contributed by atoms with Gasteiger partial charge in [0, 0.05) is 17.1 Å². The molecule has 0 spiro atoms. The van der Waals surface area contributed by atoms with Gasteiger partial charge < -0.3 is 9.73 Å². The molecular formula is C17H15BrN2O3S. The number of benzene rings is 2. The maximum atomic E-state index is 12.9. The van der Waals surface area contributed by atoms with Crippen LogP contribution >= 0.6 is 15.9 Å². The molecule has 0 saturated heterocycles. The van der Waals surface area contributed by atoms with E-state index >= 15 is 0 Å². The highest BCUT2D eigenvalue weighted by atomic mass is 79.9. The summed E-state index contributed by atoms with van der Waals surface area (Å²) in [7, 11) is -2.19. The molecule has 1 heterocycles. The minimum Gasteiger partial charge on any atom is -0.419 e. The molecule has 0 saturated carbocycles. The maximum Gasteiger partial charge on any atom is 0.233 e. The number of aromatic nitrogens is 1. The molecule has 0 amide bonds. The Balaban J connectivity index is 2.12. The highest BCUT2D eigenvalue weighted by Crippen LogP contribution is 2.32. The number of rotatable bonds is 4. The number of oxazole rings is 1. The molecule has 7 heteroatoms. The van der Waals surface area contributed by atoms with Gasteiger partial charge in [-0.1, -0.05) is 33.6 Å². The number of hydrogen-bond acceptors (Lipinski definition) is 5. The molecular weight excluding hydrogens is 392 g/mol. The standard InChI is InChI=1S/C17H15BrN2O3S/c1-11-4-3-5-12(10-11)15-20-17(16(19-2)23-15)24(21,22)14-8-6-13(18)7-9-14/h3-10,19H,1-2H3. The predicted octanol–water partition coefficient (Wildman–Crippen LogP) is 4.29. The van der Waals surface area contributed by atoms with Crippen LogP contribution in [0.5, 0.6) is 0 Å². The Morgan fingerprint density at radius 2 is 1.83 bits per heavy atom. The molecule has 2 aromatic carbocycles. The molecule has 0 atom stereocenters. The number of nitrogens with zero attached hydrogens (tertiary/aromatic N) is 1. The second-order valence-electron chi connectivity index (χ2n) is 5.23. The summed E-state index contributed by atoms with van der Waals surface area (Å²) in [6.07, 6.45) is 0. The van der Waals surface area contributed by atoms with Gasteiger partial charge in [-0.25, -0.2) is 8.42 Å². The Hall–Kier alpha value is -2.12. The average Bonchev–Trinajstić information content (AvgIpc) is 3.00. The van der Waals surface area contributed by atoms with Crippen LogP contribution in [0, 0.1) is 6.92 Å². The van der Waals surface area contributed by atoms with Gasteiger partial charge in [-0.3, -0.25) is 0 Å². The SMILES string of the molecule is CNc1oc(-c2cccc(C)c2)nc1S(=O)(=O)c1ccc(Br)cc1. The molecule has 0 unspecified atom stereocenters. The van der Waals surface area contributed by atoms with E-state index in [1.54, 1.807) is 19.2 Å². The second-order valence-corrected chi connectivity index (χ2v) is 8.01. The normalized spacial score (nSPS) is 11.5. The van der Waals surface area contributed by atoms with Gasteiger partial charge in [-0.05, 0) is 43.3 Å². The van der Waals surface area contributed by atoms with Crippen molar-refractivity contribution in [2.75, 3.05) is 12.4 Å². The first-order valence-electron chi connectivity index (χ1n) is 7.18. The molecule has 3 aromatic rings. The molecule has 0 aliphatic heterocycles. The fourth-order valence-electron chi connectivity index (χ4n) is 2.27. The van der Waals surface area contributed by atoms with Crippen molar-refractivity contribution in [3.63, 3.8) is 0 Å². The predicted molar refractivity (Wildman–Crippen MR) is 95.8 cm³/mol. The molecule has 5 nitrogen and oxygen atoms in total. The lowest BCUT2D eigenvalue weighted by molar-refractivity contribution is 0.580. The number of aryl methyl sites for hydroxylation is 1. The van der Waals surface area contributed by atoms with Crippen molar-refractivity contribution in [2.45, 2.75) is 16.8 Å². The molecule has 0 radical (unpaired) electrons. The van der Waals surface area contributed by atoms with Crippen LogP contribution in [0.25, 0.3) is 11.5 Å². The summed E-state index contributed by atoms with van der Waals surface area (Å²) in [6, 6.07) is 13.9. The van der Waals surface area contributed by atoms with E-state index < -0.39 is 9.84 Å². The van der Waals surface area contributed by atoms with Gasteiger partial charge in [0.1, 0.15) is 0 Å². The molecule has 3 rings (SSSR count). The lowest BCUT2D eigenvalue weighted by Crippen LogP contribution is -2.05. The van der Waals surface area contributed by atoms with E-state index in [0.29, 0.717) is 0 Å². The van der Waals surface area contributed by atoms with Gasteiger partial charge in [-0.2, -0.15) is 4.98 Å². The topological polar surface area (TPSA) is 72.2 Å². The van der Waals surface area contributed by atoms with Gasteiger partial charge in [0.15, 0.2) is 0 Å². The van der Waals surface area contributed by atoms with E-state index in [9.17, 15) is 8.42 Å². The van der Waals surface area contributed by atoms with E-state index in [4.69, 9.17) is 4.42 Å². The summed E-state index contributed by atoms with van der Waals surface area (Å²) in [6.45, 7) is 1.95. The molecule has 124 valence electrons. The van der Waals surface area contributed by atoms with Crippen LogP contribution < -0.4 is 5.32 Å². The Morgan fingerprint density at radius 1 is 1.12 bits per heavy atom. The highest BCUT2D eigenvalue weighted by Gasteiger charge is 2.28. The Labute approximate surface area is 148 Å². The zero-order chi connectivity index (χ0) is 17.3. The van der Waals surface area contributed by atoms with Gasteiger partial charge in [0.05, 0.1) is 4.90 Å². The quantitative estimate of drug-likeness (QED) is 0.699. The van der Waals surface area contributed by atoms with Crippen LogP contribution in [-0.4, -0.2) is 20.4 Å². The number of nitrogens with one attached hydrogen (secondary N) is 1. The summed E-state index contributed by atoms with van der Waals surface area (Å²) < 4.78 is 32.1. The van der Waals surface area contributed by atoms with Crippen LogP contribution in [0.4, 0.5) is 5.88 Å². The van der Waals surface area contributed by atoms with Crippen molar-refractivity contribution in [1.29, 1.82) is 0 Å². The summed E-state index contributed by atoms with van der Waals surface area (Å²) in [5, 5.41) is 2.65. The minimum absolute atomic E-state index is 0.120. The number of hydrogen-bond donors (Lipinski definition) is 1. The van der Waals surface area contributed by atoms with Gasteiger partial charge in [0.2, 0.25) is 26.6 Å². The lowest BCUT2D eigenvalue weighted by atomic mass is 10.1. The van der Waals surface area contributed by atoms with Crippen molar-refractivity contribution in [2.24, 2.45) is 0 Å². The smallest absolute Gasteiger partial charge is 0.233 e. The summed E-state index contributed by atoms with van der Waals surface area (Å²) in [5.41, 5.74) is 1.76. The summed E-state index contributed by atoms with van der Waals surface area (Å²) >= 11 is 3.30. The van der Waals surface area contributed by atoms with Crippen molar-refractivity contribution < 1.29 is 12.8 Å². The lowest BCUT2D eigenvalue weighted by Gasteiger charge is -2.02. The van der Waals surface area contributed by atoms with Gasteiger partial charge >= 0.3 is 0 Å². The van der Waals surface area contributed by atoms with Crippen molar-refractivity contribution >= 4 is 31.7 Å². The van der Waals surface area contributed by atoms with Crippen molar-refractivity contribution in [3.8, 4) is 11.5 Å². The molecule has 0 bridgehead atoms. The molecule has 1 N–H and O–H groups in total. The monoisotopic (exact) mass is 406 g/mol. The van der Waals surface area contributed by atoms with Crippen LogP contribution in [0.15, 0.2) is 67.3 Å². The number of sulfone groups is 1. The molecule has 0 aliphatic carbocycles. The van der Waals surface area contributed by atoms with Crippen LogP contribution in [-0.2, 0) is 9.84 Å². The zero-order valence-corrected chi connectivity index (χ0v) is 15.5. The first-order chi connectivity index (χ1) is 11.4. The highest BCUT2D eigenvalue weighted by molar-refractivity contribution is 9.10. The molecule has 0 fully saturated rings. The van der Waals surface area contributed by atoms with Crippen LogP contribution in [0.2, 0.25) is 0 Å². The molecule has 24 heavy (non-hydrogen) atoms. The van der Waals surface area contributed by atoms with E-state index in [1.165, 1.54) is 12.1 Å². The zero-order valence-electron chi connectivity index (χ0n) is 13.1. The molecule has 1 aromatic heterocycles. The van der Waals surface area contributed by atoms with Crippen molar-refractivity contribution in [1.82, 2.24) is 4.98 Å². The van der Waals surface area contributed by atoms with E-state index in [-0.39, 0.29) is 21.7 Å². The number of halogens is 1. The molecule has 0 aliphatic rings. The van der Waals surface area contributed by atoms with Crippen LogP contribution in [0.1, 0.15) is 5.56 Å². The van der Waals surface area contributed by atoms with E-state index in [0.717, 1.165) is 15.6 Å². The average molecular weight is 407 g/mol. The Kier molecular flexibility index (Phi) is 4.47. The fourth-order valence-corrected chi connectivity index (χ4v) is 3.85. The first-order valence-corrected chi connectivity index (χ1v) is 9.45. The third-order valence-electron chi connectivity index (χ3n) is 3.47. The maximum absolute atomic E-state index is 12.9. The third-order valence-corrected chi connectivity index (χ3v) is 5.67. The first kappa shape index (κ1) is 16.7. The van der Waals surface area contributed by atoms with E-state index in [1.807, 2.05) is 31.2 Å². The fraction of sp³-hybridized carbons (Fsp3) is 0.118. The third kappa shape index (κ3) is 3.09.